The molecule has 0 radical (unpaired) electrons. The molecule has 1 spiro atoms. The molecule has 1 unspecified atom stereocenters. The quantitative estimate of drug-likeness (QED) is 0.665. The Balaban J connectivity index is 0.000000383. The van der Waals surface area contributed by atoms with Crippen LogP contribution in [0.3, 0.4) is 0 Å². The summed E-state index contributed by atoms with van der Waals surface area (Å²) in [5.74, 6) is -2.62. The molecule has 1 aliphatic carbocycles. The van der Waals surface area contributed by atoms with Crippen LogP contribution in [0.1, 0.15) is 38.5 Å². The van der Waals surface area contributed by atoms with Gasteiger partial charge in [0.15, 0.2) is 0 Å². The maximum atomic E-state index is 12.7. The van der Waals surface area contributed by atoms with Crippen molar-refractivity contribution in [3.63, 3.8) is 0 Å². The molecule has 3 fully saturated rings. The molecule has 2 N–H and O–H groups in total. The summed E-state index contributed by atoms with van der Waals surface area (Å²) in [6.07, 6.45) is 1.76. The van der Waals surface area contributed by atoms with E-state index in [9.17, 15) is 22.8 Å². The van der Waals surface area contributed by atoms with Crippen LogP contribution in [0.15, 0.2) is 16.8 Å². The van der Waals surface area contributed by atoms with Gasteiger partial charge >= 0.3 is 18.2 Å². The van der Waals surface area contributed by atoms with Crippen molar-refractivity contribution in [1.82, 2.24) is 15.1 Å². The van der Waals surface area contributed by atoms with Gasteiger partial charge < -0.3 is 20.2 Å². The van der Waals surface area contributed by atoms with Crippen molar-refractivity contribution in [2.75, 3.05) is 38.1 Å². The molecular weight excluding hydrogens is 461 g/mol. The lowest BCUT2D eigenvalue weighted by Gasteiger charge is -2.46. The first-order valence-corrected chi connectivity index (χ1v) is 11.9. The number of carboxylic acids is 1. The van der Waals surface area contributed by atoms with Gasteiger partial charge in [0.05, 0.1) is 17.8 Å². The van der Waals surface area contributed by atoms with Crippen molar-refractivity contribution in [3.8, 4) is 0 Å². The number of alkyl halides is 3. The molecule has 4 rings (SSSR count). The molecule has 3 aliphatic rings. The summed E-state index contributed by atoms with van der Waals surface area (Å²) in [6, 6.07) is 2.41. The van der Waals surface area contributed by atoms with Gasteiger partial charge in [-0.25, -0.2) is 9.59 Å². The molecule has 184 valence electrons. The highest BCUT2D eigenvalue weighted by atomic mass is 32.1. The van der Waals surface area contributed by atoms with Crippen LogP contribution >= 0.6 is 11.3 Å². The van der Waals surface area contributed by atoms with Gasteiger partial charge in [0.25, 0.3) is 0 Å². The van der Waals surface area contributed by atoms with Crippen LogP contribution in [0.4, 0.5) is 23.7 Å². The predicted molar refractivity (Wildman–Crippen MR) is 117 cm³/mol. The van der Waals surface area contributed by atoms with E-state index in [0.717, 1.165) is 31.5 Å². The van der Waals surface area contributed by atoms with E-state index in [4.69, 9.17) is 9.90 Å². The molecule has 8 nitrogen and oxygen atoms in total. The van der Waals surface area contributed by atoms with E-state index in [1.54, 1.807) is 11.3 Å². The largest absolute Gasteiger partial charge is 0.490 e. The zero-order chi connectivity index (χ0) is 24.2. The molecule has 1 aromatic rings. The van der Waals surface area contributed by atoms with Gasteiger partial charge in [0.2, 0.25) is 5.91 Å². The van der Waals surface area contributed by atoms with Gasteiger partial charge in [-0.15, -0.1) is 0 Å². The number of amides is 3. The zero-order valence-electron chi connectivity index (χ0n) is 18.4. The average molecular weight is 491 g/mol. The van der Waals surface area contributed by atoms with E-state index in [2.05, 4.69) is 10.2 Å². The Kier molecular flexibility index (Phi) is 7.88. The summed E-state index contributed by atoms with van der Waals surface area (Å²) < 4.78 is 31.7. The lowest BCUT2D eigenvalue weighted by Crippen LogP contribution is -2.64. The molecule has 1 saturated carbocycles. The van der Waals surface area contributed by atoms with E-state index < -0.39 is 12.1 Å². The van der Waals surface area contributed by atoms with Crippen LogP contribution in [-0.2, 0) is 9.59 Å². The minimum Gasteiger partial charge on any atom is -0.475 e. The lowest BCUT2D eigenvalue weighted by atomic mass is 9.93. The summed E-state index contributed by atoms with van der Waals surface area (Å²) in [4.78, 5) is 40.2. The summed E-state index contributed by atoms with van der Waals surface area (Å²) in [7, 11) is 2.02. The number of hydrogen-bond donors (Lipinski definition) is 2. The molecule has 2 saturated heterocycles. The number of anilines is 1. The number of urea groups is 1. The lowest BCUT2D eigenvalue weighted by molar-refractivity contribution is -0.192. The zero-order valence-corrected chi connectivity index (χ0v) is 19.3. The van der Waals surface area contributed by atoms with Crippen LogP contribution in [0, 0.1) is 0 Å². The maximum absolute atomic E-state index is 12.7. The maximum Gasteiger partial charge on any atom is 0.490 e. The van der Waals surface area contributed by atoms with Crippen molar-refractivity contribution < 1.29 is 32.7 Å². The number of nitrogens with zero attached hydrogens (tertiary/aromatic N) is 3. The van der Waals surface area contributed by atoms with Gasteiger partial charge in [-0.1, -0.05) is 19.3 Å². The highest BCUT2D eigenvalue weighted by Gasteiger charge is 2.49. The minimum absolute atomic E-state index is 0.0705. The second-order valence-corrected chi connectivity index (χ2v) is 9.58. The van der Waals surface area contributed by atoms with Crippen molar-refractivity contribution >= 4 is 34.9 Å². The number of halogens is 3. The third-order valence-electron chi connectivity index (χ3n) is 6.55. The molecule has 1 aromatic heterocycles. The molecular formula is C21H29F3N4O4S. The number of hydrogen-bond acceptors (Lipinski definition) is 5. The molecule has 33 heavy (non-hydrogen) atoms. The summed E-state index contributed by atoms with van der Waals surface area (Å²) in [6.45, 7) is 2.52. The number of carbonyl (C=O) groups excluding carboxylic acids is 2. The standard InChI is InChI=1S/C19H28N4O2S.C2HF3O2/c1-21-11-17(24)23(16-7-10-26-12-16)14-19(21)8-9-22(13-19)18(25)20-15-5-3-2-4-6-15;3-2(4,5)1(6)7/h7,10,12,15H,2-6,8-9,11,13-14H2,1H3,(H,20,25);(H,6,7). The van der Waals surface area contributed by atoms with Gasteiger partial charge in [0.1, 0.15) is 0 Å². The summed E-state index contributed by atoms with van der Waals surface area (Å²) in [5.41, 5.74) is 0.845. The molecule has 2 aliphatic heterocycles. The van der Waals surface area contributed by atoms with E-state index in [0.29, 0.717) is 25.7 Å². The predicted octanol–water partition coefficient (Wildman–Crippen LogP) is 3.15. The van der Waals surface area contributed by atoms with Crippen LogP contribution in [0.2, 0.25) is 0 Å². The molecule has 3 heterocycles. The first-order valence-electron chi connectivity index (χ1n) is 10.9. The van der Waals surface area contributed by atoms with Crippen LogP contribution in [0.5, 0.6) is 0 Å². The Morgan fingerprint density at radius 3 is 2.45 bits per heavy atom. The fourth-order valence-corrected chi connectivity index (χ4v) is 5.23. The van der Waals surface area contributed by atoms with E-state index in [1.165, 1.54) is 19.3 Å². The number of likely N-dealkylation sites (N-methyl/N-ethyl adjacent to an activating group) is 1. The minimum atomic E-state index is -5.08. The van der Waals surface area contributed by atoms with Crippen LogP contribution in [-0.4, -0.2) is 83.8 Å². The van der Waals surface area contributed by atoms with Crippen molar-refractivity contribution in [2.45, 2.75) is 56.3 Å². The first kappa shape index (κ1) is 25.3. The van der Waals surface area contributed by atoms with E-state index in [1.807, 2.05) is 33.7 Å². The average Bonchev–Trinajstić information content (AvgIpc) is 3.43. The van der Waals surface area contributed by atoms with Crippen LogP contribution in [0.25, 0.3) is 0 Å². The normalized spacial score (nSPS) is 24.5. The SMILES string of the molecule is CN1CC(=O)N(c2ccsc2)CC12CCN(C(=O)NC1CCCCC1)C2.O=C(O)C(F)(F)F. The number of thiophene rings is 1. The number of rotatable bonds is 2. The number of likely N-dealkylation sites (tertiary alicyclic amines) is 1. The monoisotopic (exact) mass is 490 g/mol. The second kappa shape index (κ2) is 10.3. The number of carbonyl (C=O) groups is 3. The number of aliphatic carboxylic acids is 1. The third kappa shape index (κ3) is 6.17. The number of nitrogens with one attached hydrogen (secondary N) is 1. The first-order chi connectivity index (χ1) is 15.5. The summed E-state index contributed by atoms with van der Waals surface area (Å²) in [5, 5.41) is 14.4. The Morgan fingerprint density at radius 1 is 1.21 bits per heavy atom. The fourth-order valence-electron chi connectivity index (χ4n) is 4.59. The Morgan fingerprint density at radius 2 is 1.88 bits per heavy atom. The summed E-state index contributed by atoms with van der Waals surface area (Å²) >= 11 is 1.61. The second-order valence-electron chi connectivity index (χ2n) is 8.80. The highest BCUT2D eigenvalue weighted by molar-refractivity contribution is 7.08. The van der Waals surface area contributed by atoms with E-state index in [-0.39, 0.29) is 17.5 Å². The fraction of sp³-hybridized carbons (Fsp3) is 0.667. The van der Waals surface area contributed by atoms with Crippen LogP contribution < -0.4 is 10.2 Å². The molecule has 0 aromatic carbocycles. The number of piperazine rings is 1. The highest BCUT2D eigenvalue weighted by Crippen LogP contribution is 2.34. The van der Waals surface area contributed by atoms with Crippen molar-refractivity contribution in [1.29, 1.82) is 0 Å². The van der Waals surface area contributed by atoms with Gasteiger partial charge in [-0.2, -0.15) is 24.5 Å². The van der Waals surface area contributed by atoms with Gasteiger partial charge in [-0.05, 0) is 37.8 Å². The van der Waals surface area contributed by atoms with Gasteiger partial charge in [-0.3, -0.25) is 9.69 Å². The van der Waals surface area contributed by atoms with E-state index >= 15 is 0 Å². The van der Waals surface area contributed by atoms with Crippen molar-refractivity contribution in [2.24, 2.45) is 0 Å². The van der Waals surface area contributed by atoms with Gasteiger partial charge in [0, 0.05) is 31.1 Å². The molecule has 3 amide bonds. The third-order valence-corrected chi connectivity index (χ3v) is 7.22. The number of carboxylic acid groups (broad SMARTS) is 1. The topological polar surface area (TPSA) is 93.2 Å². The Labute approximate surface area is 194 Å². The molecule has 0 bridgehead atoms. The smallest absolute Gasteiger partial charge is 0.475 e. The Bertz CT molecular complexity index is 845. The van der Waals surface area contributed by atoms with Crippen molar-refractivity contribution in [3.05, 3.63) is 16.8 Å². The Hall–Kier alpha value is -2.34. The molecule has 12 heteroatoms. The molecule has 1 atom stereocenters.